The predicted octanol–water partition coefficient (Wildman–Crippen LogP) is 2.63. The van der Waals surface area contributed by atoms with E-state index in [2.05, 4.69) is 15.7 Å². The monoisotopic (exact) mass is 288 g/mol. The number of nitrogens with zero attached hydrogens (tertiary/aromatic N) is 1. The lowest BCUT2D eigenvalue weighted by Crippen LogP contribution is -2.16. The van der Waals surface area contributed by atoms with Crippen LogP contribution in [0.15, 0.2) is 30.3 Å². The second-order valence-corrected chi connectivity index (χ2v) is 4.67. The van der Waals surface area contributed by atoms with Crippen LogP contribution in [0.3, 0.4) is 0 Å². The van der Waals surface area contributed by atoms with Crippen molar-refractivity contribution in [3.8, 4) is 0 Å². The maximum absolute atomic E-state index is 13.7. The van der Waals surface area contributed by atoms with Crippen molar-refractivity contribution < 1.29 is 9.18 Å². The Bertz CT molecular complexity index is 650. The molecule has 4 N–H and O–H groups in total. The van der Waals surface area contributed by atoms with Gasteiger partial charge in [-0.25, -0.2) is 15.2 Å². The topological polar surface area (TPSA) is 80.0 Å². The van der Waals surface area contributed by atoms with Gasteiger partial charge in [-0.3, -0.25) is 4.79 Å². The minimum atomic E-state index is -0.476. The summed E-state index contributed by atoms with van der Waals surface area (Å²) < 4.78 is 13.7. The first-order chi connectivity index (χ1) is 10.0. The smallest absolute Gasteiger partial charge is 0.255 e. The Balaban J connectivity index is 2.29. The van der Waals surface area contributed by atoms with E-state index in [4.69, 9.17) is 5.84 Å². The van der Waals surface area contributed by atoms with Crippen LogP contribution in [0.5, 0.6) is 0 Å². The Morgan fingerprint density at radius 3 is 2.76 bits per heavy atom. The Kier molecular flexibility index (Phi) is 4.49. The SMILES string of the molecule is CCc1cc(C(=O)Nc2cc(C)ccc2F)cc(NN)n1. The highest BCUT2D eigenvalue weighted by Crippen LogP contribution is 2.18. The number of halogens is 1. The Morgan fingerprint density at radius 1 is 1.33 bits per heavy atom. The molecule has 0 atom stereocenters. The summed E-state index contributed by atoms with van der Waals surface area (Å²) in [4.78, 5) is 16.4. The number of nitrogens with one attached hydrogen (secondary N) is 2. The first-order valence-electron chi connectivity index (χ1n) is 6.58. The fraction of sp³-hybridized carbons (Fsp3) is 0.200. The van der Waals surface area contributed by atoms with Crippen LogP contribution in [-0.2, 0) is 6.42 Å². The minimum Gasteiger partial charge on any atom is -0.319 e. The fourth-order valence-electron chi connectivity index (χ4n) is 1.90. The number of nitrogen functional groups attached to an aromatic ring is 1. The molecule has 0 radical (unpaired) electrons. The summed E-state index contributed by atoms with van der Waals surface area (Å²) in [7, 11) is 0. The van der Waals surface area contributed by atoms with Gasteiger partial charge in [0.25, 0.3) is 5.91 Å². The van der Waals surface area contributed by atoms with Crippen LogP contribution >= 0.6 is 0 Å². The summed E-state index contributed by atoms with van der Waals surface area (Å²) in [6.07, 6.45) is 0.661. The number of carbonyl (C=O) groups is 1. The molecule has 110 valence electrons. The molecule has 1 amide bonds. The van der Waals surface area contributed by atoms with E-state index < -0.39 is 11.7 Å². The number of rotatable bonds is 4. The van der Waals surface area contributed by atoms with Gasteiger partial charge in [0.2, 0.25) is 0 Å². The largest absolute Gasteiger partial charge is 0.319 e. The van der Waals surface area contributed by atoms with Gasteiger partial charge in [-0.1, -0.05) is 13.0 Å². The fourth-order valence-corrected chi connectivity index (χ4v) is 1.90. The molecule has 2 aromatic rings. The number of carbonyl (C=O) groups excluding carboxylic acids is 1. The number of pyridine rings is 1. The van der Waals surface area contributed by atoms with Crippen LogP contribution in [-0.4, -0.2) is 10.9 Å². The molecule has 2 rings (SSSR count). The number of aryl methyl sites for hydroxylation is 2. The van der Waals surface area contributed by atoms with Crippen LogP contribution < -0.4 is 16.6 Å². The average molecular weight is 288 g/mol. The third-order valence-electron chi connectivity index (χ3n) is 3.02. The number of hydrogen-bond donors (Lipinski definition) is 3. The van der Waals surface area contributed by atoms with Crippen molar-refractivity contribution in [2.24, 2.45) is 5.84 Å². The molecule has 1 aromatic carbocycles. The predicted molar refractivity (Wildman–Crippen MR) is 80.5 cm³/mol. The molecule has 0 aliphatic rings. The molecule has 0 aliphatic carbocycles. The van der Waals surface area contributed by atoms with E-state index in [-0.39, 0.29) is 5.69 Å². The van der Waals surface area contributed by atoms with Crippen LogP contribution in [0.1, 0.15) is 28.5 Å². The molecule has 0 saturated carbocycles. The molecule has 6 heteroatoms. The molecule has 0 saturated heterocycles. The molecule has 0 bridgehead atoms. The summed E-state index contributed by atoms with van der Waals surface area (Å²) >= 11 is 0. The van der Waals surface area contributed by atoms with E-state index in [1.807, 2.05) is 13.8 Å². The number of aromatic nitrogens is 1. The number of amides is 1. The number of hydrazine groups is 1. The van der Waals surface area contributed by atoms with Gasteiger partial charge in [-0.2, -0.15) is 0 Å². The highest BCUT2D eigenvalue weighted by Gasteiger charge is 2.12. The molecular weight excluding hydrogens is 271 g/mol. The van der Waals surface area contributed by atoms with Gasteiger partial charge in [0.15, 0.2) is 0 Å². The molecular formula is C15H17FN4O. The second kappa shape index (κ2) is 6.32. The van der Waals surface area contributed by atoms with E-state index in [0.29, 0.717) is 17.8 Å². The van der Waals surface area contributed by atoms with Gasteiger partial charge in [0.05, 0.1) is 5.69 Å². The molecule has 21 heavy (non-hydrogen) atoms. The summed E-state index contributed by atoms with van der Waals surface area (Å²) in [6.45, 7) is 3.75. The van der Waals surface area contributed by atoms with Crippen molar-refractivity contribution in [2.75, 3.05) is 10.7 Å². The first kappa shape index (κ1) is 14.9. The lowest BCUT2D eigenvalue weighted by atomic mass is 10.1. The van der Waals surface area contributed by atoms with E-state index in [9.17, 15) is 9.18 Å². The lowest BCUT2D eigenvalue weighted by Gasteiger charge is -2.10. The molecule has 0 fully saturated rings. The number of hydrogen-bond acceptors (Lipinski definition) is 4. The number of nitrogens with two attached hydrogens (primary N) is 1. The molecule has 1 aromatic heterocycles. The van der Waals surface area contributed by atoms with Crippen molar-refractivity contribution in [1.82, 2.24) is 4.98 Å². The maximum Gasteiger partial charge on any atom is 0.255 e. The maximum atomic E-state index is 13.7. The average Bonchev–Trinajstić information content (AvgIpc) is 2.50. The van der Waals surface area contributed by atoms with E-state index in [1.165, 1.54) is 12.1 Å². The van der Waals surface area contributed by atoms with Crippen molar-refractivity contribution >= 4 is 17.4 Å². The summed E-state index contributed by atoms with van der Waals surface area (Å²) in [6, 6.07) is 7.72. The zero-order valence-electron chi connectivity index (χ0n) is 11.9. The van der Waals surface area contributed by atoms with Gasteiger partial charge in [-0.05, 0) is 43.2 Å². The molecule has 0 spiro atoms. The highest BCUT2D eigenvalue weighted by atomic mass is 19.1. The normalized spacial score (nSPS) is 10.3. The van der Waals surface area contributed by atoms with Crippen LogP contribution in [0.2, 0.25) is 0 Å². The molecule has 0 unspecified atom stereocenters. The van der Waals surface area contributed by atoms with E-state index in [0.717, 1.165) is 11.3 Å². The molecule has 5 nitrogen and oxygen atoms in total. The van der Waals surface area contributed by atoms with Crippen LogP contribution in [0.25, 0.3) is 0 Å². The standard InChI is InChI=1S/C15H17FN4O/c1-3-11-7-10(8-14(18-11)20-17)15(21)19-13-6-9(2)4-5-12(13)16/h4-8H,3,17H2,1-2H3,(H,18,20)(H,19,21). The van der Waals surface area contributed by atoms with Crippen molar-refractivity contribution in [3.05, 3.63) is 53.0 Å². The lowest BCUT2D eigenvalue weighted by molar-refractivity contribution is 0.102. The van der Waals surface area contributed by atoms with E-state index >= 15 is 0 Å². The third-order valence-corrected chi connectivity index (χ3v) is 3.02. The molecule has 0 aliphatic heterocycles. The zero-order chi connectivity index (χ0) is 15.4. The highest BCUT2D eigenvalue weighted by molar-refractivity contribution is 6.04. The minimum absolute atomic E-state index is 0.150. The number of benzene rings is 1. The van der Waals surface area contributed by atoms with Gasteiger partial charge in [-0.15, -0.1) is 0 Å². The van der Waals surface area contributed by atoms with Gasteiger partial charge < -0.3 is 10.7 Å². The van der Waals surface area contributed by atoms with Crippen molar-refractivity contribution in [1.29, 1.82) is 0 Å². The second-order valence-electron chi connectivity index (χ2n) is 4.67. The Labute approximate surface area is 122 Å². The summed E-state index contributed by atoms with van der Waals surface area (Å²) in [5, 5.41) is 2.56. The third kappa shape index (κ3) is 3.55. The van der Waals surface area contributed by atoms with Crippen molar-refractivity contribution in [3.63, 3.8) is 0 Å². The van der Waals surface area contributed by atoms with E-state index in [1.54, 1.807) is 18.2 Å². The van der Waals surface area contributed by atoms with Crippen molar-refractivity contribution in [2.45, 2.75) is 20.3 Å². The van der Waals surface area contributed by atoms with Crippen LogP contribution in [0.4, 0.5) is 15.9 Å². The summed E-state index contributed by atoms with van der Waals surface area (Å²) in [5.74, 6) is 4.84. The first-order valence-corrected chi connectivity index (χ1v) is 6.58. The zero-order valence-corrected chi connectivity index (χ0v) is 11.9. The number of anilines is 2. The quantitative estimate of drug-likeness (QED) is 0.597. The van der Waals surface area contributed by atoms with Crippen LogP contribution in [0, 0.1) is 12.7 Å². The Hall–Kier alpha value is -2.47. The summed E-state index contributed by atoms with van der Waals surface area (Å²) in [5.41, 5.74) is 4.52. The van der Waals surface area contributed by atoms with Gasteiger partial charge in [0.1, 0.15) is 11.6 Å². The van der Waals surface area contributed by atoms with Gasteiger partial charge in [0, 0.05) is 11.3 Å². The molecule has 1 heterocycles. The van der Waals surface area contributed by atoms with Gasteiger partial charge >= 0.3 is 0 Å². The Morgan fingerprint density at radius 2 is 2.10 bits per heavy atom.